The number of hydrogen-bond acceptors (Lipinski definition) is 3. The highest BCUT2D eigenvalue weighted by Gasteiger charge is 2.17. The molecule has 0 bridgehead atoms. The second-order valence-electron chi connectivity index (χ2n) is 6.60. The third-order valence-electron chi connectivity index (χ3n) is 3.71. The number of nitrogens with one attached hydrogen (secondary N) is 1. The van der Waals surface area contributed by atoms with Gasteiger partial charge in [-0.1, -0.05) is 12.1 Å². The second-order valence-corrected chi connectivity index (χ2v) is 6.60. The SMILES string of the molecule is CC(c1ccc(OC(C)(C)C)cc1)N1CCCNCC1. The van der Waals surface area contributed by atoms with E-state index in [9.17, 15) is 0 Å². The first-order chi connectivity index (χ1) is 9.46. The fourth-order valence-electron chi connectivity index (χ4n) is 2.63. The van der Waals surface area contributed by atoms with Crippen LogP contribution >= 0.6 is 0 Å². The summed E-state index contributed by atoms with van der Waals surface area (Å²) < 4.78 is 5.88. The normalized spacial score (nSPS) is 19.4. The molecule has 0 saturated carbocycles. The Balaban J connectivity index is 2.01. The standard InChI is InChI=1S/C17H28N2O/c1-14(19-12-5-10-18-11-13-19)15-6-8-16(9-7-15)20-17(2,3)4/h6-9,14,18H,5,10-13H2,1-4H3. The Bertz CT molecular complexity index is 400. The minimum absolute atomic E-state index is 0.135. The second kappa shape index (κ2) is 6.59. The van der Waals surface area contributed by atoms with Gasteiger partial charge in [0.1, 0.15) is 11.4 Å². The van der Waals surface area contributed by atoms with E-state index < -0.39 is 0 Å². The van der Waals surface area contributed by atoms with E-state index in [1.807, 2.05) is 0 Å². The predicted octanol–water partition coefficient (Wildman–Crippen LogP) is 3.22. The van der Waals surface area contributed by atoms with Gasteiger partial charge in [0.2, 0.25) is 0 Å². The van der Waals surface area contributed by atoms with Crippen molar-refractivity contribution in [2.75, 3.05) is 26.2 Å². The van der Waals surface area contributed by atoms with Gasteiger partial charge in [0, 0.05) is 19.1 Å². The minimum Gasteiger partial charge on any atom is -0.488 e. The Morgan fingerprint density at radius 2 is 1.80 bits per heavy atom. The van der Waals surface area contributed by atoms with Gasteiger partial charge in [0.05, 0.1) is 0 Å². The van der Waals surface area contributed by atoms with Crippen molar-refractivity contribution in [1.82, 2.24) is 10.2 Å². The zero-order valence-electron chi connectivity index (χ0n) is 13.3. The van der Waals surface area contributed by atoms with Crippen molar-refractivity contribution >= 4 is 0 Å². The summed E-state index contributed by atoms with van der Waals surface area (Å²) in [5, 5.41) is 3.46. The van der Waals surface area contributed by atoms with E-state index in [-0.39, 0.29) is 5.60 Å². The van der Waals surface area contributed by atoms with Gasteiger partial charge in [0.15, 0.2) is 0 Å². The van der Waals surface area contributed by atoms with Crippen LogP contribution in [-0.4, -0.2) is 36.7 Å². The molecule has 1 heterocycles. The van der Waals surface area contributed by atoms with Gasteiger partial charge in [-0.25, -0.2) is 0 Å². The van der Waals surface area contributed by atoms with Crippen LogP contribution in [0.2, 0.25) is 0 Å². The third-order valence-corrected chi connectivity index (χ3v) is 3.71. The molecule has 1 fully saturated rings. The van der Waals surface area contributed by atoms with Gasteiger partial charge in [-0.15, -0.1) is 0 Å². The molecule has 0 aromatic heterocycles. The summed E-state index contributed by atoms with van der Waals surface area (Å²) in [4.78, 5) is 2.56. The zero-order valence-corrected chi connectivity index (χ0v) is 13.3. The van der Waals surface area contributed by atoms with Gasteiger partial charge in [0.25, 0.3) is 0 Å². The van der Waals surface area contributed by atoms with Crippen LogP contribution < -0.4 is 10.1 Å². The summed E-state index contributed by atoms with van der Waals surface area (Å²) in [6.07, 6.45) is 1.23. The summed E-state index contributed by atoms with van der Waals surface area (Å²) >= 11 is 0. The quantitative estimate of drug-likeness (QED) is 0.917. The van der Waals surface area contributed by atoms with Crippen molar-refractivity contribution in [3.05, 3.63) is 29.8 Å². The zero-order chi connectivity index (χ0) is 14.6. The Labute approximate surface area is 123 Å². The van der Waals surface area contributed by atoms with Gasteiger partial charge in [-0.3, -0.25) is 4.90 Å². The first kappa shape index (κ1) is 15.3. The molecule has 1 aromatic carbocycles. The lowest BCUT2D eigenvalue weighted by atomic mass is 10.1. The average molecular weight is 276 g/mol. The maximum absolute atomic E-state index is 5.88. The van der Waals surface area contributed by atoms with Crippen LogP contribution in [0.25, 0.3) is 0 Å². The molecule has 0 spiro atoms. The monoisotopic (exact) mass is 276 g/mol. The molecule has 0 aliphatic carbocycles. The van der Waals surface area contributed by atoms with E-state index in [0.29, 0.717) is 6.04 Å². The van der Waals surface area contributed by atoms with Crippen LogP contribution in [0.15, 0.2) is 24.3 Å². The molecule has 1 aromatic rings. The van der Waals surface area contributed by atoms with Gasteiger partial charge >= 0.3 is 0 Å². The molecule has 0 radical (unpaired) electrons. The van der Waals surface area contributed by atoms with Gasteiger partial charge < -0.3 is 10.1 Å². The summed E-state index contributed by atoms with van der Waals surface area (Å²) in [6, 6.07) is 9.05. The van der Waals surface area contributed by atoms with E-state index >= 15 is 0 Å². The van der Waals surface area contributed by atoms with Crippen molar-refractivity contribution in [2.24, 2.45) is 0 Å². The number of hydrogen-bond donors (Lipinski definition) is 1. The first-order valence-electron chi connectivity index (χ1n) is 7.69. The van der Waals surface area contributed by atoms with Crippen molar-refractivity contribution in [3.8, 4) is 5.75 Å². The maximum atomic E-state index is 5.88. The minimum atomic E-state index is -0.135. The summed E-state index contributed by atoms with van der Waals surface area (Å²) in [5.74, 6) is 0.950. The molecule has 1 aliphatic heterocycles. The van der Waals surface area contributed by atoms with Gasteiger partial charge in [-0.05, 0) is 64.9 Å². The van der Waals surface area contributed by atoms with E-state index in [2.05, 4.69) is 62.2 Å². The topological polar surface area (TPSA) is 24.5 Å². The number of benzene rings is 1. The highest BCUT2D eigenvalue weighted by atomic mass is 16.5. The average Bonchev–Trinajstić information content (AvgIpc) is 2.66. The van der Waals surface area contributed by atoms with E-state index in [0.717, 1.165) is 25.4 Å². The van der Waals surface area contributed by atoms with Crippen LogP contribution in [0.1, 0.15) is 45.7 Å². The van der Waals surface area contributed by atoms with Crippen molar-refractivity contribution in [2.45, 2.75) is 45.8 Å². The molecular formula is C17H28N2O. The molecule has 1 saturated heterocycles. The number of ether oxygens (including phenoxy) is 1. The first-order valence-corrected chi connectivity index (χ1v) is 7.69. The van der Waals surface area contributed by atoms with Crippen LogP contribution in [-0.2, 0) is 0 Å². The Morgan fingerprint density at radius 1 is 1.10 bits per heavy atom. The lowest BCUT2D eigenvalue weighted by Crippen LogP contribution is -2.30. The predicted molar refractivity (Wildman–Crippen MR) is 84.3 cm³/mol. The van der Waals surface area contributed by atoms with Crippen molar-refractivity contribution in [1.29, 1.82) is 0 Å². The largest absolute Gasteiger partial charge is 0.488 e. The molecule has 1 unspecified atom stereocenters. The molecule has 0 amide bonds. The lowest BCUT2D eigenvalue weighted by molar-refractivity contribution is 0.131. The Hall–Kier alpha value is -1.06. The molecule has 1 N–H and O–H groups in total. The summed E-state index contributed by atoms with van der Waals surface area (Å²) in [5.41, 5.74) is 1.23. The maximum Gasteiger partial charge on any atom is 0.120 e. The molecule has 112 valence electrons. The summed E-state index contributed by atoms with van der Waals surface area (Å²) in [7, 11) is 0. The van der Waals surface area contributed by atoms with Crippen LogP contribution in [0.5, 0.6) is 5.75 Å². The molecular weight excluding hydrogens is 248 g/mol. The third kappa shape index (κ3) is 4.50. The summed E-state index contributed by atoms with van der Waals surface area (Å²) in [6.45, 7) is 13.1. The molecule has 20 heavy (non-hydrogen) atoms. The van der Waals surface area contributed by atoms with Crippen LogP contribution in [0.3, 0.4) is 0 Å². The molecule has 3 heteroatoms. The lowest BCUT2D eigenvalue weighted by Gasteiger charge is -2.28. The van der Waals surface area contributed by atoms with Gasteiger partial charge in [-0.2, -0.15) is 0 Å². The molecule has 1 atom stereocenters. The van der Waals surface area contributed by atoms with E-state index in [4.69, 9.17) is 4.74 Å². The molecule has 1 aliphatic rings. The van der Waals surface area contributed by atoms with Crippen LogP contribution in [0, 0.1) is 0 Å². The van der Waals surface area contributed by atoms with Crippen molar-refractivity contribution in [3.63, 3.8) is 0 Å². The fourth-order valence-corrected chi connectivity index (χ4v) is 2.63. The van der Waals surface area contributed by atoms with Crippen LogP contribution in [0.4, 0.5) is 0 Å². The van der Waals surface area contributed by atoms with E-state index in [1.54, 1.807) is 0 Å². The number of nitrogens with zero attached hydrogens (tertiary/aromatic N) is 1. The molecule has 3 nitrogen and oxygen atoms in total. The fraction of sp³-hybridized carbons (Fsp3) is 0.647. The van der Waals surface area contributed by atoms with E-state index in [1.165, 1.54) is 18.5 Å². The number of rotatable bonds is 3. The highest BCUT2D eigenvalue weighted by Crippen LogP contribution is 2.24. The smallest absolute Gasteiger partial charge is 0.120 e. The molecule has 2 rings (SSSR count). The highest BCUT2D eigenvalue weighted by molar-refractivity contribution is 5.29. The van der Waals surface area contributed by atoms with Crippen molar-refractivity contribution < 1.29 is 4.74 Å². The Kier molecular flexibility index (Phi) is 5.06. The Morgan fingerprint density at radius 3 is 2.45 bits per heavy atom.